The van der Waals surface area contributed by atoms with Gasteiger partial charge in [0.15, 0.2) is 0 Å². The first-order valence-corrected chi connectivity index (χ1v) is 7.69. The summed E-state index contributed by atoms with van der Waals surface area (Å²) in [7, 11) is 0. The van der Waals surface area contributed by atoms with E-state index in [1.165, 1.54) is 0 Å². The van der Waals surface area contributed by atoms with E-state index in [9.17, 15) is 9.90 Å². The number of anilines is 1. The lowest BCUT2D eigenvalue weighted by atomic mass is 9.93. The largest absolute Gasteiger partial charge is 0.508 e. The van der Waals surface area contributed by atoms with Gasteiger partial charge in [-0.1, -0.05) is 19.9 Å². The lowest BCUT2D eigenvalue weighted by molar-refractivity contribution is -0.119. The normalized spacial score (nSPS) is 12.5. The zero-order valence-electron chi connectivity index (χ0n) is 13.6. The molecule has 1 amide bonds. The van der Waals surface area contributed by atoms with Gasteiger partial charge in [-0.25, -0.2) is 0 Å². The molecule has 0 aromatic heterocycles. The average Bonchev–Trinajstić information content (AvgIpc) is 2.42. The van der Waals surface area contributed by atoms with Crippen molar-refractivity contribution in [2.45, 2.75) is 40.5 Å². The van der Waals surface area contributed by atoms with Crippen molar-refractivity contribution in [1.29, 1.82) is 0 Å². The van der Waals surface area contributed by atoms with Crippen molar-refractivity contribution in [1.82, 2.24) is 0 Å². The predicted octanol–water partition coefficient (Wildman–Crippen LogP) is 3.06. The van der Waals surface area contributed by atoms with Crippen molar-refractivity contribution in [3.05, 3.63) is 23.8 Å². The minimum absolute atomic E-state index is 0.0716. The number of carbonyl (C=O) groups excluding carboxylic acids is 1. The van der Waals surface area contributed by atoms with Crippen LogP contribution < -0.4 is 10.6 Å². The topological polar surface area (TPSA) is 66.6 Å². The van der Waals surface area contributed by atoms with E-state index in [-0.39, 0.29) is 17.6 Å². The Morgan fingerprint density at radius 2 is 2.05 bits per heavy atom. The Bertz CT molecular complexity index is 472. The van der Waals surface area contributed by atoms with E-state index in [1.54, 1.807) is 17.0 Å². The third-order valence-corrected chi connectivity index (χ3v) is 3.70. The van der Waals surface area contributed by atoms with Gasteiger partial charge in [-0.15, -0.1) is 0 Å². The molecule has 0 saturated heterocycles. The van der Waals surface area contributed by atoms with Crippen LogP contribution in [-0.4, -0.2) is 24.1 Å². The molecule has 0 aliphatic carbocycles. The van der Waals surface area contributed by atoms with Crippen LogP contribution in [-0.2, 0) is 4.79 Å². The zero-order valence-corrected chi connectivity index (χ0v) is 13.6. The van der Waals surface area contributed by atoms with E-state index in [0.29, 0.717) is 25.4 Å². The summed E-state index contributed by atoms with van der Waals surface area (Å²) in [6, 6.07) is 5.12. The van der Waals surface area contributed by atoms with Crippen LogP contribution in [0, 0.1) is 18.8 Å². The Morgan fingerprint density at radius 3 is 2.57 bits per heavy atom. The maximum atomic E-state index is 12.6. The summed E-state index contributed by atoms with van der Waals surface area (Å²) in [5.74, 6) is 0.995. The fourth-order valence-electron chi connectivity index (χ4n) is 2.66. The van der Waals surface area contributed by atoms with E-state index < -0.39 is 0 Å². The molecule has 1 aromatic carbocycles. The standard InChI is InChI=1S/C17H28N2O2/c1-5-19(16-10-15(20)7-6-13(16)4)17(21)9-14(11-18)8-12(2)3/h6-7,10,12,14,20H,5,8-9,11,18H2,1-4H3. The molecule has 4 nitrogen and oxygen atoms in total. The first kappa shape index (κ1) is 17.5. The lowest BCUT2D eigenvalue weighted by Gasteiger charge is -2.26. The zero-order chi connectivity index (χ0) is 16.0. The fraction of sp³-hybridized carbons (Fsp3) is 0.588. The smallest absolute Gasteiger partial charge is 0.227 e. The van der Waals surface area contributed by atoms with E-state index in [2.05, 4.69) is 13.8 Å². The minimum Gasteiger partial charge on any atom is -0.508 e. The number of nitrogens with two attached hydrogens (primary N) is 1. The maximum absolute atomic E-state index is 12.6. The Morgan fingerprint density at radius 1 is 1.38 bits per heavy atom. The molecular formula is C17H28N2O2. The summed E-state index contributed by atoms with van der Waals surface area (Å²) >= 11 is 0. The molecule has 4 heteroatoms. The first-order valence-electron chi connectivity index (χ1n) is 7.69. The third-order valence-electron chi connectivity index (χ3n) is 3.70. The van der Waals surface area contributed by atoms with Crippen LogP contribution in [0.25, 0.3) is 0 Å². The molecule has 0 aliphatic heterocycles. The Hall–Kier alpha value is -1.55. The van der Waals surface area contributed by atoms with Gasteiger partial charge in [-0.05, 0) is 50.3 Å². The molecule has 1 rings (SSSR count). The second kappa shape index (κ2) is 8.03. The number of aryl methyl sites for hydroxylation is 1. The summed E-state index contributed by atoms with van der Waals surface area (Å²) in [5.41, 5.74) is 7.56. The molecule has 0 bridgehead atoms. The highest BCUT2D eigenvalue weighted by atomic mass is 16.3. The van der Waals surface area contributed by atoms with E-state index in [0.717, 1.165) is 17.7 Å². The maximum Gasteiger partial charge on any atom is 0.227 e. The first-order chi connectivity index (χ1) is 9.88. The highest BCUT2D eigenvalue weighted by Gasteiger charge is 2.20. The van der Waals surface area contributed by atoms with Crippen LogP contribution in [0.2, 0.25) is 0 Å². The third kappa shape index (κ3) is 5.05. The van der Waals surface area contributed by atoms with E-state index in [4.69, 9.17) is 5.73 Å². The highest BCUT2D eigenvalue weighted by Crippen LogP contribution is 2.26. The van der Waals surface area contributed by atoms with Gasteiger partial charge in [-0.2, -0.15) is 0 Å². The van der Waals surface area contributed by atoms with Crippen molar-refractivity contribution >= 4 is 11.6 Å². The highest BCUT2D eigenvalue weighted by molar-refractivity contribution is 5.94. The summed E-state index contributed by atoms with van der Waals surface area (Å²) < 4.78 is 0. The summed E-state index contributed by atoms with van der Waals surface area (Å²) in [4.78, 5) is 14.3. The van der Waals surface area contributed by atoms with E-state index >= 15 is 0 Å². The van der Waals surface area contributed by atoms with Crippen LogP contribution in [0.3, 0.4) is 0 Å². The van der Waals surface area contributed by atoms with Crippen molar-refractivity contribution in [2.75, 3.05) is 18.0 Å². The molecule has 118 valence electrons. The number of hydrogen-bond acceptors (Lipinski definition) is 3. The number of hydrogen-bond donors (Lipinski definition) is 2. The molecular weight excluding hydrogens is 264 g/mol. The number of nitrogens with zero attached hydrogens (tertiary/aromatic N) is 1. The monoisotopic (exact) mass is 292 g/mol. The predicted molar refractivity (Wildman–Crippen MR) is 87.5 cm³/mol. The molecule has 0 spiro atoms. The van der Waals surface area contributed by atoms with Gasteiger partial charge in [-0.3, -0.25) is 4.79 Å². The Balaban J connectivity index is 2.88. The number of aromatic hydroxyl groups is 1. The summed E-state index contributed by atoms with van der Waals surface area (Å²) in [6.45, 7) is 9.29. The van der Waals surface area contributed by atoms with Gasteiger partial charge in [0.25, 0.3) is 0 Å². The number of rotatable bonds is 7. The lowest BCUT2D eigenvalue weighted by Crippen LogP contribution is -2.34. The number of amides is 1. The second-order valence-corrected chi connectivity index (χ2v) is 6.04. The van der Waals surface area contributed by atoms with Gasteiger partial charge >= 0.3 is 0 Å². The number of phenolic OH excluding ortho intramolecular Hbond substituents is 1. The molecule has 1 aromatic rings. The molecule has 0 radical (unpaired) electrons. The van der Waals surface area contributed by atoms with Crippen molar-refractivity contribution < 1.29 is 9.90 Å². The molecule has 0 aliphatic rings. The number of benzene rings is 1. The van der Waals surface area contributed by atoms with Crippen LogP contribution in [0.4, 0.5) is 5.69 Å². The molecule has 0 fully saturated rings. The molecule has 1 unspecified atom stereocenters. The minimum atomic E-state index is 0.0716. The Labute approximate surface area is 128 Å². The molecule has 0 heterocycles. The van der Waals surface area contributed by atoms with Crippen molar-refractivity contribution in [3.8, 4) is 5.75 Å². The Kier molecular flexibility index (Phi) is 6.69. The van der Waals surface area contributed by atoms with E-state index in [1.807, 2.05) is 19.9 Å². The average molecular weight is 292 g/mol. The van der Waals surface area contributed by atoms with Gasteiger partial charge in [0.2, 0.25) is 5.91 Å². The second-order valence-electron chi connectivity index (χ2n) is 6.04. The van der Waals surface area contributed by atoms with Gasteiger partial charge < -0.3 is 15.7 Å². The van der Waals surface area contributed by atoms with Gasteiger partial charge in [0.05, 0.1) is 5.69 Å². The summed E-state index contributed by atoms with van der Waals surface area (Å²) in [6.07, 6.45) is 1.41. The van der Waals surface area contributed by atoms with Crippen LogP contribution in [0.15, 0.2) is 18.2 Å². The molecule has 21 heavy (non-hydrogen) atoms. The molecule has 1 atom stereocenters. The SMILES string of the molecule is CCN(C(=O)CC(CN)CC(C)C)c1cc(O)ccc1C. The molecule has 3 N–H and O–H groups in total. The van der Waals surface area contributed by atoms with Gasteiger partial charge in [0.1, 0.15) is 5.75 Å². The number of phenols is 1. The quantitative estimate of drug-likeness (QED) is 0.811. The fourth-order valence-corrected chi connectivity index (χ4v) is 2.66. The van der Waals surface area contributed by atoms with Gasteiger partial charge in [0, 0.05) is 19.0 Å². The molecule has 0 saturated carbocycles. The number of carbonyl (C=O) groups is 1. The summed E-state index contributed by atoms with van der Waals surface area (Å²) in [5, 5.41) is 9.65. The van der Waals surface area contributed by atoms with Crippen molar-refractivity contribution in [2.24, 2.45) is 17.6 Å². The van der Waals surface area contributed by atoms with Crippen LogP contribution >= 0.6 is 0 Å². The van der Waals surface area contributed by atoms with Crippen molar-refractivity contribution in [3.63, 3.8) is 0 Å². The van der Waals surface area contributed by atoms with Crippen LogP contribution in [0.1, 0.15) is 39.2 Å². The van der Waals surface area contributed by atoms with Crippen LogP contribution in [0.5, 0.6) is 5.75 Å².